The number of aliphatic hydroxyl groups is 1. The number of nitrogens with zero attached hydrogens (tertiary/aromatic N) is 1. The van der Waals surface area contributed by atoms with E-state index in [9.17, 15) is 5.11 Å². The monoisotopic (exact) mass is 343 g/mol. The fraction of sp³-hybridized carbons (Fsp3) is 0.600. The van der Waals surface area contributed by atoms with Crippen molar-refractivity contribution in [1.29, 1.82) is 0 Å². The minimum Gasteiger partial charge on any atom is -0.491 e. The molecule has 1 aromatic rings. The summed E-state index contributed by atoms with van der Waals surface area (Å²) in [6.45, 7) is 6.34. The topological polar surface area (TPSA) is 41.9 Å². The summed E-state index contributed by atoms with van der Waals surface area (Å²) >= 11 is 3.50. The first-order valence-electron chi connectivity index (χ1n) is 7.08. The Morgan fingerprint density at radius 2 is 2.25 bits per heavy atom. The highest BCUT2D eigenvalue weighted by Crippen LogP contribution is 2.26. The van der Waals surface area contributed by atoms with E-state index in [0.717, 1.165) is 41.8 Å². The lowest BCUT2D eigenvalue weighted by molar-refractivity contribution is 0.109. The van der Waals surface area contributed by atoms with Gasteiger partial charge in [-0.3, -0.25) is 4.90 Å². The minimum atomic E-state index is -0.190. The predicted octanol–water partition coefficient (Wildman–Crippen LogP) is 2.43. The number of hydrogen-bond acceptors (Lipinski definition) is 4. The Balaban J connectivity index is 1.96. The molecule has 0 unspecified atom stereocenters. The Bertz CT molecular complexity index is 428. The molecule has 0 saturated carbocycles. The van der Waals surface area contributed by atoms with Crippen molar-refractivity contribution in [2.75, 3.05) is 32.9 Å². The van der Waals surface area contributed by atoms with E-state index in [-0.39, 0.29) is 6.10 Å². The molecule has 2 rings (SSSR count). The first-order chi connectivity index (χ1) is 9.69. The Kier molecular flexibility index (Phi) is 6.29. The molecule has 1 fully saturated rings. The van der Waals surface area contributed by atoms with E-state index in [0.29, 0.717) is 19.8 Å². The van der Waals surface area contributed by atoms with Crippen LogP contribution in [0, 0.1) is 0 Å². The summed E-state index contributed by atoms with van der Waals surface area (Å²) in [5.41, 5.74) is 1.14. The number of halogens is 1. The average molecular weight is 344 g/mol. The van der Waals surface area contributed by atoms with Crippen molar-refractivity contribution in [1.82, 2.24) is 4.90 Å². The normalized spacial score (nSPS) is 19.4. The quantitative estimate of drug-likeness (QED) is 0.772. The number of ether oxygens (including phenoxy) is 2. The summed E-state index contributed by atoms with van der Waals surface area (Å²) in [6, 6.07) is 6.05. The second-order valence-electron chi connectivity index (χ2n) is 4.98. The van der Waals surface area contributed by atoms with Gasteiger partial charge in [0.05, 0.1) is 12.7 Å². The van der Waals surface area contributed by atoms with Crippen LogP contribution in [0.5, 0.6) is 5.75 Å². The van der Waals surface area contributed by atoms with Gasteiger partial charge in [0.2, 0.25) is 0 Å². The zero-order valence-electron chi connectivity index (χ0n) is 11.8. The van der Waals surface area contributed by atoms with Crippen molar-refractivity contribution < 1.29 is 14.6 Å². The van der Waals surface area contributed by atoms with E-state index >= 15 is 0 Å². The molecule has 0 radical (unpaired) electrons. The molecule has 1 heterocycles. The molecule has 5 heteroatoms. The van der Waals surface area contributed by atoms with Crippen LogP contribution < -0.4 is 4.74 Å². The largest absolute Gasteiger partial charge is 0.491 e. The first-order valence-corrected chi connectivity index (χ1v) is 7.87. The third-order valence-electron chi connectivity index (χ3n) is 3.35. The number of likely N-dealkylation sites (tertiary alicyclic amines) is 1. The van der Waals surface area contributed by atoms with Crippen molar-refractivity contribution >= 4 is 15.9 Å². The van der Waals surface area contributed by atoms with Crippen LogP contribution in [-0.4, -0.2) is 49.0 Å². The van der Waals surface area contributed by atoms with Crippen LogP contribution in [0.4, 0.5) is 0 Å². The van der Waals surface area contributed by atoms with Crippen molar-refractivity contribution in [3.8, 4) is 5.75 Å². The molecule has 1 aliphatic heterocycles. The maximum absolute atomic E-state index is 9.60. The highest BCUT2D eigenvalue weighted by Gasteiger charge is 2.21. The second-order valence-corrected chi connectivity index (χ2v) is 5.89. The number of hydrogen-bond donors (Lipinski definition) is 1. The van der Waals surface area contributed by atoms with E-state index in [1.165, 1.54) is 0 Å². The number of β-amino-alcohol motifs (C(OH)–C–C–N with tert-alkyl or cyclic N) is 1. The van der Waals surface area contributed by atoms with Gasteiger partial charge < -0.3 is 14.6 Å². The smallest absolute Gasteiger partial charge is 0.123 e. The summed E-state index contributed by atoms with van der Waals surface area (Å²) in [4.78, 5) is 2.25. The molecule has 0 spiro atoms. The molecule has 20 heavy (non-hydrogen) atoms. The summed E-state index contributed by atoms with van der Waals surface area (Å²) in [5.74, 6) is 0.897. The first kappa shape index (κ1) is 15.8. The van der Waals surface area contributed by atoms with Gasteiger partial charge in [-0.05, 0) is 31.5 Å². The molecule has 0 aromatic heterocycles. The van der Waals surface area contributed by atoms with E-state index in [2.05, 4.69) is 26.9 Å². The zero-order valence-corrected chi connectivity index (χ0v) is 13.4. The van der Waals surface area contributed by atoms with E-state index in [4.69, 9.17) is 9.47 Å². The van der Waals surface area contributed by atoms with Gasteiger partial charge in [-0.25, -0.2) is 0 Å². The van der Waals surface area contributed by atoms with Gasteiger partial charge in [-0.2, -0.15) is 0 Å². The SMILES string of the molecule is CCOCCOc1ccc(Br)cc1CN1CC[C@@H](O)C1. The molecular weight excluding hydrogens is 322 g/mol. The molecule has 0 bridgehead atoms. The van der Waals surface area contributed by atoms with Gasteiger partial charge in [0.15, 0.2) is 0 Å². The fourth-order valence-corrected chi connectivity index (χ4v) is 2.77. The van der Waals surface area contributed by atoms with Crippen LogP contribution in [0.15, 0.2) is 22.7 Å². The van der Waals surface area contributed by atoms with Crippen LogP contribution in [0.3, 0.4) is 0 Å². The van der Waals surface area contributed by atoms with Crippen molar-refractivity contribution in [3.63, 3.8) is 0 Å². The summed E-state index contributed by atoms with van der Waals surface area (Å²) in [7, 11) is 0. The lowest BCUT2D eigenvalue weighted by Crippen LogP contribution is -2.22. The van der Waals surface area contributed by atoms with Crippen molar-refractivity contribution in [3.05, 3.63) is 28.2 Å². The molecule has 1 atom stereocenters. The Morgan fingerprint density at radius 1 is 1.40 bits per heavy atom. The minimum absolute atomic E-state index is 0.190. The summed E-state index contributed by atoms with van der Waals surface area (Å²) in [5, 5.41) is 9.60. The molecule has 4 nitrogen and oxygen atoms in total. The van der Waals surface area contributed by atoms with Crippen LogP contribution >= 0.6 is 15.9 Å². The maximum atomic E-state index is 9.60. The maximum Gasteiger partial charge on any atom is 0.123 e. The third kappa shape index (κ3) is 4.74. The lowest BCUT2D eigenvalue weighted by Gasteiger charge is -2.18. The van der Waals surface area contributed by atoms with Crippen LogP contribution in [0.2, 0.25) is 0 Å². The Morgan fingerprint density at radius 3 is 2.95 bits per heavy atom. The number of rotatable bonds is 7. The molecule has 1 aromatic carbocycles. The van der Waals surface area contributed by atoms with Crippen LogP contribution in [-0.2, 0) is 11.3 Å². The van der Waals surface area contributed by atoms with Crippen LogP contribution in [0.25, 0.3) is 0 Å². The highest BCUT2D eigenvalue weighted by atomic mass is 79.9. The predicted molar refractivity (Wildman–Crippen MR) is 82.0 cm³/mol. The molecule has 1 N–H and O–H groups in total. The van der Waals surface area contributed by atoms with Crippen molar-refractivity contribution in [2.24, 2.45) is 0 Å². The van der Waals surface area contributed by atoms with E-state index < -0.39 is 0 Å². The molecular formula is C15H22BrNO3. The molecule has 0 aliphatic carbocycles. The van der Waals surface area contributed by atoms with Crippen molar-refractivity contribution in [2.45, 2.75) is 26.0 Å². The summed E-state index contributed by atoms with van der Waals surface area (Å²) in [6.07, 6.45) is 0.665. The van der Waals surface area contributed by atoms with Crippen LogP contribution in [0.1, 0.15) is 18.9 Å². The number of benzene rings is 1. The Labute approximate surface area is 128 Å². The van der Waals surface area contributed by atoms with Gasteiger partial charge >= 0.3 is 0 Å². The van der Waals surface area contributed by atoms with Gasteiger partial charge in [0.1, 0.15) is 12.4 Å². The average Bonchev–Trinajstić information content (AvgIpc) is 2.82. The zero-order chi connectivity index (χ0) is 14.4. The fourth-order valence-electron chi connectivity index (χ4n) is 2.36. The summed E-state index contributed by atoms with van der Waals surface area (Å²) < 4.78 is 12.1. The lowest BCUT2D eigenvalue weighted by atomic mass is 10.2. The van der Waals surface area contributed by atoms with E-state index in [1.807, 2.05) is 19.1 Å². The second kappa shape index (κ2) is 7.98. The highest BCUT2D eigenvalue weighted by molar-refractivity contribution is 9.10. The van der Waals surface area contributed by atoms with Gasteiger partial charge in [-0.15, -0.1) is 0 Å². The molecule has 112 valence electrons. The van der Waals surface area contributed by atoms with Gasteiger partial charge in [0.25, 0.3) is 0 Å². The number of aliphatic hydroxyl groups excluding tert-OH is 1. The van der Waals surface area contributed by atoms with E-state index in [1.54, 1.807) is 0 Å². The third-order valence-corrected chi connectivity index (χ3v) is 3.85. The molecule has 1 saturated heterocycles. The molecule has 0 amide bonds. The Hall–Kier alpha value is -0.620. The van der Waals surface area contributed by atoms with Gasteiger partial charge in [-0.1, -0.05) is 15.9 Å². The standard InChI is InChI=1S/C15H22BrNO3/c1-2-19-7-8-20-15-4-3-13(16)9-12(15)10-17-6-5-14(18)11-17/h3-4,9,14,18H,2,5-8,10-11H2,1H3/t14-/m1/s1. The van der Waals surface area contributed by atoms with Gasteiger partial charge in [0, 0.05) is 36.3 Å². The molecule has 1 aliphatic rings.